The second-order valence-electron chi connectivity index (χ2n) is 2.80. The number of hydrogen-bond donors (Lipinski definition) is 1. The molecule has 0 aliphatic carbocycles. The van der Waals surface area contributed by atoms with Gasteiger partial charge in [-0.2, -0.15) is 0 Å². The Bertz CT molecular complexity index is 84.5. The molecule has 1 N–H and O–H groups in total. The molecule has 2 nitrogen and oxygen atoms in total. The van der Waals surface area contributed by atoms with Gasteiger partial charge in [0.25, 0.3) is 0 Å². The van der Waals surface area contributed by atoms with E-state index in [9.17, 15) is 0 Å². The maximum atomic E-state index is 5.55. The van der Waals surface area contributed by atoms with Crippen LogP contribution in [-0.4, -0.2) is 25.3 Å². The first kappa shape index (κ1) is 14.0. The summed E-state index contributed by atoms with van der Waals surface area (Å²) in [6.45, 7) is 6.33. The zero-order valence-corrected chi connectivity index (χ0v) is 8.63. The average Bonchev–Trinajstić information content (AvgIpc) is 2.15. The van der Waals surface area contributed by atoms with Gasteiger partial charge >= 0.3 is 0 Å². The van der Waals surface area contributed by atoms with Gasteiger partial charge in [-0.3, -0.25) is 0 Å². The van der Waals surface area contributed by atoms with Gasteiger partial charge in [0.05, 0.1) is 12.2 Å². The van der Waals surface area contributed by atoms with Gasteiger partial charge in [-0.15, -0.1) is 24.8 Å². The third-order valence-electron chi connectivity index (χ3n) is 1.48. The molecule has 0 aromatic heterocycles. The molecule has 1 rings (SSSR count). The van der Waals surface area contributed by atoms with E-state index in [0.29, 0.717) is 12.2 Å². The molecule has 1 unspecified atom stereocenters. The molecule has 0 amide bonds. The van der Waals surface area contributed by atoms with Crippen LogP contribution in [0.3, 0.4) is 0 Å². The minimum atomic E-state index is 0. The third-order valence-corrected chi connectivity index (χ3v) is 1.48. The zero-order valence-electron chi connectivity index (χ0n) is 7.00. The van der Waals surface area contributed by atoms with Crippen LogP contribution in [0.25, 0.3) is 0 Å². The van der Waals surface area contributed by atoms with E-state index in [1.807, 2.05) is 0 Å². The molecular formula is C7H17Cl2NO. The van der Waals surface area contributed by atoms with Crippen molar-refractivity contribution in [3.63, 3.8) is 0 Å². The van der Waals surface area contributed by atoms with Gasteiger partial charge in [0.1, 0.15) is 0 Å². The van der Waals surface area contributed by atoms with Gasteiger partial charge in [0.15, 0.2) is 0 Å². The van der Waals surface area contributed by atoms with Crippen molar-refractivity contribution in [3.05, 3.63) is 0 Å². The van der Waals surface area contributed by atoms with E-state index >= 15 is 0 Å². The molecule has 0 aromatic rings. The zero-order chi connectivity index (χ0) is 6.69. The van der Waals surface area contributed by atoms with E-state index in [2.05, 4.69) is 19.2 Å². The highest BCUT2D eigenvalue weighted by Crippen LogP contribution is 2.05. The van der Waals surface area contributed by atoms with E-state index in [4.69, 9.17) is 4.74 Å². The van der Waals surface area contributed by atoms with Gasteiger partial charge in [0, 0.05) is 6.54 Å². The predicted octanol–water partition coefficient (Wildman–Crippen LogP) is 1.62. The summed E-state index contributed by atoms with van der Waals surface area (Å²) >= 11 is 0. The summed E-state index contributed by atoms with van der Waals surface area (Å²) in [5, 5.41) is 3.25. The van der Waals surface area contributed by atoms with Crippen LogP contribution in [0.2, 0.25) is 0 Å². The normalized spacial score (nSPS) is 22.6. The van der Waals surface area contributed by atoms with Crippen molar-refractivity contribution in [1.29, 1.82) is 0 Å². The molecule has 70 valence electrons. The molecule has 1 heterocycles. The Hall–Kier alpha value is 0.500. The maximum Gasteiger partial charge on any atom is 0.0715 e. The highest BCUT2D eigenvalue weighted by molar-refractivity contribution is 5.85. The van der Waals surface area contributed by atoms with Crippen molar-refractivity contribution in [3.8, 4) is 0 Å². The lowest BCUT2D eigenvalue weighted by Crippen LogP contribution is -2.20. The molecule has 1 atom stereocenters. The topological polar surface area (TPSA) is 21.3 Å². The van der Waals surface area contributed by atoms with Crippen molar-refractivity contribution in [1.82, 2.24) is 5.32 Å². The Morgan fingerprint density at radius 3 is 2.36 bits per heavy atom. The van der Waals surface area contributed by atoms with E-state index in [0.717, 1.165) is 13.1 Å². The Kier molecular flexibility index (Phi) is 9.15. The number of ether oxygens (including phenoxy) is 1. The van der Waals surface area contributed by atoms with Crippen molar-refractivity contribution in [2.75, 3.05) is 13.1 Å². The summed E-state index contributed by atoms with van der Waals surface area (Å²) in [6.07, 6.45) is 2.04. The summed E-state index contributed by atoms with van der Waals surface area (Å²) in [6, 6.07) is 0. The fraction of sp³-hybridized carbons (Fsp3) is 1.00. The van der Waals surface area contributed by atoms with E-state index in [1.165, 1.54) is 6.42 Å². The standard InChI is InChI=1S/C7H15NO.2ClH/c1-6(2)9-7-3-4-8-5-7;;/h6-8H,3-5H2,1-2H3;2*1H. The van der Waals surface area contributed by atoms with E-state index < -0.39 is 0 Å². The molecule has 0 aromatic carbocycles. The summed E-state index contributed by atoms with van der Waals surface area (Å²) in [7, 11) is 0. The smallest absolute Gasteiger partial charge is 0.0715 e. The van der Waals surface area contributed by atoms with Crippen LogP contribution >= 0.6 is 24.8 Å². The lowest BCUT2D eigenvalue weighted by atomic mass is 10.3. The van der Waals surface area contributed by atoms with Crippen LogP contribution in [0.4, 0.5) is 0 Å². The van der Waals surface area contributed by atoms with Crippen LogP contribution in [-0.2, 0) is 4.74 Å². The fourth-order valence-corrected chi connectivity index (χ4v) is 1.13. The minimum Gasteiger partial charge on any atom is -0.374 e. The Morgan fingerprint density at radius 2 is 2.00 bits per heavy atom. The van der Waals surface area contributed by atoms with Crippen LogP contribution in [0, 0.1) is 0 Å². The lowest BCUT2D eigenvalue weighted by Gasteiger charge is -2.12. The SMILES string of the molecule is CC(C)OC1CCNC1.Cl.Cl. The van der Waals surface area contributed by atoms with Crippen molar-refractivity contribution >= 4 is 24.8 Å². The molecule has 1 aliphatic rings. The van der Waals surface area contributed by atoms with Crippen LogP contribution in [0.1, 0.15) is 20.3 Å². The Labute approximate surface area is 80.9 Å². The van der Waals surface area contributed by atoms with E-state index in [-0.39, 0.29) is 24.8 Å². The summed E-state index contributed by atoms with van der Waals surface area (Å²) in [5.41, 5.74) is 0. The molecular weight excluding hydrogens is 185 g/mol. The Balaban J connectivity index is 0. The highest BCUT2D eigenvalue weighted by atomic mass is 35.5. The van der Waals surface area contributed by atoms with Crippen LogP contribution in [0.5, 0.6) is 0 Å². The summed E-state index contributed by atoms with van der Waals surface area (Å²) in [5.74, 6) is 0. The predicted molar refractivity (Wildman–Crippen MR) is 52.0 cm³/mol. The second-order valence-corrected chi connectivity index (χ2v) is 2.80. The molecule has 1 aliphatic heterocycles. The van der Waals surface area contributed by atoms with Crippen molar-refractivity contribution in [2.45, 2.75) is 32.5 Å². The summed E-state index contributed by atoms with van der Waals surface area (Å²) in [4.78, 5) is 0. The molecule has 0 bridgehead atoms. The van der Waals surface area contributed by atoms with Gasteiger partial charge in [-0.1, -0.05) is 0 Å². The first-order valence-corrected chi connectivity index (χ1v) is 3.65. The lowest BCUT2D eigenvalue weighted by molar-refractivity contribution is 0.0201. The summed E-state index contributed by atoms with van der Waals surface area (Å²) < 4.78 is 5.55. The molecule has 0 saturated carbocycles. The molecule has 4 heteroatoms. The molecule has 11 heavy (non-hydrogen) atoms. The quantitative estimate of drug-likeness (QED) is 0.734. The largest absolute Gasteiger partial charge is 0.374 e. The first-order valence-electron chi connectivity index (χ1n) is 3.65. The molecule has 1 saturated heterocycles. The number of hydrogen-bond acceptors (Lipinski definition) is 2. The second kappa shape index (κ2) is 7.17. The van der Waals surface area contributed by atoms with E-state index in [1.54, 1.807) is 0 Å². The van der Waals surface area contributed by atoms with Gasteiger partial charge in [0.2, 0.25) is 0 Å². The molecule has 1 fully saturated rings. The van der Waals surface area contributed by atoms with Gasteiger partial charge in [-0.05, 0) is 26.8 Å². The van der Waals surface area contributed by atoms with Crippen LogP contribution in [0.15, 0.2) is 0 Å². The number of halogens is 2. The van der Waals surface area contributed by atoms with Gasteiger partial charge < -0.3 is 10.1 Å². The van der Waals surface area contributed by atoms with Crippen LogP contribution < -0.4 is 5.32 Å². The average molecular weight is 202 g/mol. The highest BCUT2D eigenvalue weighted by Gasteiger charge is 2.15. The molecule has 0 spiro atoms. The van der Waals surface area contributed by atoms with Crippen molar-refractivity contribution in [2.24, 2.45) is 0 Å². The Morgan fingerprint density at radius 1 is 1.36 bits per heavy atom. The number of nitrogens with one attached hydrogen (secondary N) is 1. The van der Waals surface area contributed by atoms with Crippen molar-refractivity contribution < 1.29 is 4.74 Å². The van der Waals surface area contributed by atoms with Gasteiger partial charge in [-0.25, -0.2) is 0 Å². The number of rotatable bonds is 2. The monoisotopic (exact) mass is 201 g/mol. The first-order chi connectivity index (χ1) is 4.29. The fourth-order valence-electron chi connectivity index (χ4n) is 1.13. The third kappa shape index (κ3) is 5.74. The molecule has 0 radical (unpaired) electrons. The minimum absolute atomic E-state index is 0. The maximum absolute atomic E-state index is 5.55.